The van der Waals surface area contributed by atoms with Gasteiger partial charge in [-0.05, 0) is 48.4 Å². The number of anilines is 1. The Morgan fingerprint density at radius 3 is 2.69 bits per heavy atom. The standard InChI is InChI=1S/C23H28N4OS/c1-4-13-26(14-5-1)22-24-25-23(27(22)16-20-11-7-15-28-20)29-17-19-10-6-9-18-8-2-3-12-21(18)19/h2-3,6,8-10,12,20H,1,4-5,7,11,13-17H2. The molecule has 0 spiro atoms. The number of rotatable bonds is 6. The van der Waals surface area contributed by atoms with Gasteiger partial charge in [0.15, 0.2) is 5.16 Å². The molecule has 1 aromatic heterocycles. The molecule has 3 heterocycles. The fourth-order valence-corrected chi connectivity index (χ4v) is 5.37. The molecule has 6 heteroatoms. The Labute approximate surface area is 176 Å². The fourth-order valence-electron chi connectivity index (χ4n) is 4.43. The summed E-state index contributed by atoms with van der Waals surface area (Å²) in [5.41, 5.74) is 1.35. The van der Waals surface area contributed by atoms with E-state index in [-0.39, 0.29) is 6.10 Å². The van der Waals surface area contributed by atoms with Gasteiger partial charge in [0.05, 0.1) is 12.6 Å². The number of nitrogens with zero attached hydrogens (tertiary/aromatic N) is 4. The molecule has 29 heavy (non-hydrogen) atoms. The topological polar surface area (TPSA) is 43.2 Å². The van der Waals surface area contributed by atoms with Gasteiger partial charge in [0.25, 0.3) is 0 Å². The minimum absolute atomic E-state index is 0.284. The van der Waals surface area contributed by atoms with Gasteiger partial charge in [0.1, 0.15) is 0 Å². The van der Waals surface area contributed by atoms with Crippen molar-refractivity contribution in [3.8, 4) is 0 Å². The highest BCUT2D eigenvalue weighted by atomic mass is 32.2. The Morgan fingerprint density at radius 2 is 1.83 bits per heavy atom. The Hall–Kier alpha value is -2.05. The van der Waals surface area contributed by atoms with E-state index in [0.717, 1.165) is 55.9 Å². The molecule has 0 amide bonds. The van der Waals surface area contributed by atoms with Gasteiger partial charge >= 0.3 is 0 Å². The van der Waals surface area contributed by atoms with Gasteiger partial charge in [-0.25, -0.2) is 0 Å². The molecule has 3 aromatic rings. The number of thioether (sulfide) groups is 1. The van der Waals surface area contributed by atoms with Gasteiger partial charge < -0.3 is 9.64 Å². The fraction of sp³-hybridized carbons (Fsp3) is 0.478. The maximum Gasteiger partial charge on any atom is 0.228 e. The first-order valence-electron chi connectivity index (χ1n) is 10.8. The van der Waals surface area contributed by atoms with E-state index in [1.165, 1.54) is 35.6 Å². The average Bonchev–Trinajstić information content (AvgIpc) is 3.43. The van der Waals surface area contributed by atoms with E-state index >= 15 is 0 Å². The smallest absolute Gasteiger partial charge is 0.228 e. The van der Waals surface area contributed by atoms with Crippen molar-refractivity contribution >= 4 is 28.5 Å². The summed E-state index contributed by atoms with van der Waals surface area (Å²) in [4.78, 5) is 2.41. The highest BCUT2D eigenvalue weighted by Gasteiger charge is 2.24. The van der Waals surface area contributed by atoms with Gasteiger partial charge in [0.2, 0.25) is 5.95 Å². The summed E-state index contributed by atoms with van der Waals surface area (Å²) in [7, 11) is 0. The molecule has 2 aliphatic heterocycles. The molecule has 2 aliphatic rings. The number of aromatic nitrogens is 3. The largest absolute Gasteiger partial charge is 0.376 e. The highest BCUT2D eigenvalue weighted by molar-refractivity contribution is 7.98. The molecule has 1 unspecified atom stereocenters. The summed E-state index contributed by atoms with van der Waals surface area (Å²) < 4.78 is 8.26. The van der Waals surface area contributed by atoms with Crippen LogP contribution in [0, 0.1) is 0 Å². The first kappa shape index (κ1) is 18.9. The molecule has 0 aliphatic carbocycles. The molecular weight excluding hydrogens is 380 g/mol. The van der Waals surface area contributed by atoms with Crippen molar-refractivity contribution in [1.82, 2.24) is 14.8 Å². The van der Waals surface area contributed by atoms with Gasteiger partial charge in [-0.3, -0.25) is 4.57 Å². The van der Waals surface area contributed by atoms with Gasteiger partial charge in [-0.1, -0.05) is 54.2 Å². The number of benzene rings is 2. The van der Waals surface area contributed by atoms with Crippen LogP contribution < -0.4 is 4.90 Å². The second kappa shape index (κ2) is 8.76. The van der Waals surface area contributed by atoms with Crippen molar-refractivity contribution < 1.29 is 4.74 Å². The van der Waals surface area contributed by atoms with Crippen molar-refractivity contribution in [2.24, 2.45) is 0 Å². The Bertz CT molecular complexity index is 955. The van der Waals surface area contributed by atoms with Crippen molar-refractivity contribution in [2.75, 3.05) is 24.6 Å². The van der Waals surface area contributed by atoms with Crippen LogP contribution in [0.3, 0.4) is 0 Å². The molecule has 0 bridgehead atoms. The summed E-state index contributed by atoms with van der Waals surface area (Å²) in [5.74, 6) is 1.92. The lowest BCUT2D eigenvalue weighted by molar-refractivity contribution is 0.0951. The predicted octanol–water partition coefficient (Wildman–Crippen LogP) is 4.89. The van der Waals surface area contributed by atoms with Crippen LogP contribution in [0.2, 0.25) is 0 Å². The number of hydrogen-bond donors (Lipinski definition) is 0. The quantitative estimate of drug-likeness (QED) is 0.543. The van der Waals surface area contributed by atoms with E-state index in [9.17, 15) is 0 Å². The van der Waals surface area contributed by atoms with Crippen LogP contribution in [-0.2, 0) is 17.0 Å². The van der Waals surface area contributed by atoms with Crippen molar-refractivity contribution in [2.45, 2.75) is 55.7 Å². The van der Waals surface area contributed by atoms with Gasteiger partial charge in [-0.2, -0.15) is 0 Å². The van der Waals surface area contributed by atoms with Crippen molar-refractivity contribution in [3.05, 3.63) is 48.0 Å². The highest BCUT2D eigenvalue weighted by Crippen LogP contribution is 2.30. The van der Waals surface area contributed by atoms with Crippen LogP contribution >= 0.6 is 11.8 Å². The third kappa shape index (κ3) is 4.14. The number of hydrogen-bond acceptors (Lipinski definition) is 5. The lowest BCUT2D eigenvalue weighted by Gasteiger charge is -2.28. The first-order chi connectivity index (χ1) is 14.4. The molecule has 0 saturated carbocycles. The molecule has 152 valence electrons. The maximum absolute atomic E-state index is 5.94. The molecule has 2 aromatic carbocycles. The summed E-state index contributed by atoms with van der Waals surface area (Å²) in [6.07, 6.45) is 6.37. The first-order valence-corrected chi connectivity index (χ1v) is 11.8. The van der Waals surface area contributed by atoms with Crippen molar-refractivity contribution in [1.29, 1.82) is 0 Å². The maximum atomic E-state index is 5.94. The molecule has 2 saturated heterocycles. The van der Waals surface area contributed by atoms with E-state index in [0.29, 0.717) is 0 Å². The second-order valence-electron chi connectivity index (χ2n) is 8.00. The molecule has 1 atom stereocenters. The Balaban J connectivity index is 1.40. The Morgan fingerprint density at radius 1 is 0.966 bits per heavy atom. The van der Waals surface area contributed by atoms with E-state index < -0.39 is 0 Å². The minimum Gasteiger partial charge on any atom is -0.376 e. The second-order valence-corrected chi connectivity index (χ2v) is 8.95. The third-order valence-corrected chi connectivity index (χ3v) is 7.00. The van der Waals surface area contributed by atoms with Crippen LogP contribution in [0.15, 0.2) is 47.6 Å². The van der Waals surface area contributed by atoms with Crippen LogP contribution in [0.4, 0.5) is 5.95 Å². The van der Waals surface area contributed by atoms with Crippen molar-refractivity contribution in [3.63, 3.8) is 0 Å². The molecule has 5 rings (SSSR count). The predicted molar refractivity (Wildman–Crippen MR) is 119 cm³/mol. The molecular formula is C23H28N4OS. The summed E-state index contributed by atoms with van der Waals surface area (Å²) in [5, 5.41) is 12.8. The molecule has 5 nitrogen and oxygen atoms in total. The van der Waals surface area contributed by atoms with Crippen LogP contribution in [-0.4, -0.2) is 40.6 Å². The third-order valence-electron chi connectivity index (χ3n) is 5.98. The zero-order valence-corrected chi connectivity index (χ0v) is 17.6. The van der Waals surface area contributed by atoms with E-state index in [1.54, 1.807) is 11.8 Å². The number of ether oxygens (including phenoxy) is 1. The summed E-state index contributed by atoms with van der Waals surface area (Å²) >= 11 is 1.79. The molecule has 0 radical (unpaired) electrons. The monoisotopic (exact) mass is 408 g/mol. The van der Waals surface area contributed by atoms with Crippen LogP contribution in [0.25, 0.3) is 10.8 Å². The lowest BCUT2D eigenvalue weighted by Crippen LogP contribution is -2.33. The molecule has 2 fully saturated rings. The van der Waals surface area contributed by atoms with E-state index in [2.05, 4.69) is 62.1 Å². The van der Waals surface area contributed by atoms with Crippen LogP contribution in [0.5, 0.6) is 0 Å². The van der Waals surface area contributed by atoms with Gasteiger partial charge in [-0.15, -0.1) is 10.2 Å². The Kier molecular flexibility index (Phi) is 5.72. The zero-order valence-electron chi connectivity index (χ0n) is 16.8. The SMILES string of the molecule is c1ccc2c(CSc3nnc(N4CCCCC4)n3CC3CCCO3)cccc2c1. The number of piperidine rings is 1. The minimum atomic E-state index is 0.284. The lowest BCUT2D eigenvalue weighted by atomic mass is 10.1. The van der Waals surface area contributed by atoms with Crippen LogP contribution in [0.1, 0.15) is 37.7 Å². The van der Waals surface area contributed by atoms with E-state index in [1.807, 2.05) is 0 Å². The zero-order chi connectivity index (χ0) is 19.5. The normalized spacial score (nSPS) is 19.9. The summed E-state index contributed by atoms with van der Waals surface area (Å²) in [6, 6.07) is 15.2. The summed E-state index contributed by atoms with van der Waals surface area (Å²) in [6.45, 7) is 3.90. The average molecular weight is 409 g/mol. The van der Waals surface area contributed by atoms with Gasteiger partial charge in [0, 0.05) is 25.4 Å². The van der Waals surface area contributed by atoms with E-state index in [4.69, 9.17) is 4.74 Å². The molecule has 0 N–H and O–H groups in total. The number of fused-ring (bicyclic) bond motifs is 1.